The molecule has 0 saturated carbocycles. The molecular formula is C22H26ClN7O2. The lowest BCUT2D eigenvalue weighted by atomic mass is 10.2. The monoisotopic (exact) mass is 455 g/mol. The zero-order valence-electron chi connectivity index (χ0n) is 17.9. The van der Waals surface area contributed by atoms with E-state index < -0.39 is 0 Å². The van der Waals surface area contributed by atoms with Crippen molar-refractivity contribution < 1.29 is 0 Å². The lowest BCUT2D eigenvalue weighted by molar-refractivity contribution is 0.191. The number of nitrogens with zero attached hydrogens (tertiary/aromatic N) is 7. The summed E-state index contributed by atoms with van der Waals surface area (Å²) in [4.78, 5) is 29.8. The number of aryl methyl sites for hydroxylation is 1. The van der Waals surface area contributed by atoms with Gasteiger partial charge in [0.05, 0.1) is 24.2 Å². The van der Waals surface area contributed by atoms with Crippen molar-refractivity contribution in [2.24, 2.45) is 0 Å². The number of aromatic nitrogens is 5. The van der Waals surface area contributed by atoms with Crippen LogP contribution in [0.5, 0.6) is 0 Å². The largest absolute Gasteiger partial charge is 0.366 e. The fourth-order valence-electron chi connectivity index (χ4n) is 4.43. The van der Waals surface area contributed by atoms with Gasteiger partial charge in [0, 0.05) is 39.1 Å². The number of piperazine rings is 1. The standard InChI is InChI=1S/C22H26ClN7O2/c23-20-18(15-24-30(21(20)31)17-7-3-1-4-8-17)27-13-11-26(12-14-27)16-29-22(32)28-10-6-2-5-9-19(28)25-29/h1,3-4,7-8,15H,2,5-6,9-14,16H2. The van der Waals surface area contributed by atoms with Gasteiger partial charge in [0.1, 0.15) is 10.8 Å². The summed E-state index contributed by atoms with van der Waals surface area (Å²) >= 11 is 6.45. The SMILES string of the molecule is O=c1c(Cl)c(N2CCN(Cn3nc4n(c3=O)CCCCC4)CC2)cnn1-c1ccccc1. The summed E-state index contributed by atoms with van der Waals surface area (Å²) in [7, 11) is 0. The van der Waals surface area contributed by atoms with Crippen LogP contribution in [0.3, 0.4) is 0 Å². The van der Waals surface area contributed by atoms with Gasteiger partial charge in [-0.15, -0.1) is 0 Å². The third kappa shape index (κ3) is 3.98. The van der Waals surface area contributed by atoms with Gasteiger partial charge in [-0.2, -0.15) is 19.6 Å². The van der Waals surface area contributed by atoms with Crippen molar-refractivity contribution in [2.45, 2.75) is 38.9 Å². The van der Waals surface area contributed by atoms with E-state index in [1.54, 1.807) is 10.9 Å². The number of halogens is 1. The molecule has 0 unspecified atom stereocenters. The average molecular weight is 456 g/mol. The van der Waals surface area contributed by atoms with E-state index in [1.807, 2.05) is 34.9 Å². The predicted octanol–water partition coefficient (Wildman–Crippen LogP) is 1.75. The number of anilines is 1. The Hall–Kier alpha value is -2.91. The number of hydrogen-bond donors (Lipinski definition) is 0. The fourth-order valence-corrected chi connectivity index (χ4v) is 4.68. The molecule has 0 radical (unpaired) electrons. The average Bonchev–Trinajstić information content (AvgIpc) is 2.97. The van der Waals surface area contributed by atoms with Crippen LogP contribution in [0, 0.1) is 0 Å². The Morgan fingerprint density at radius 2 is 1.72 bits per heavy atom. The van der Waals surface area contributed by atoms with Crippen molar-refractivity contribution in [2.75, 3.05) is 31.1 Å². The summed E-state index contributed by atoms with van der Waals surface area (Å²) in [5.74, 6) is 0.906. The zero-order valence-corrected chi connectivity index (χ0v) is 18.6. The molecule has 9 nitrogen and oxygen atoms in total. The van der Waals surface area contributed by atoms with Gasteiger partial charge in [0.15, 0.2) is 0 Å². The van der Waals surface area contributed by atoms with Gasteiger partial charge in [-0.1, -0.05) is 36.2 Å². The van der Waals surface area contributed by atoms with E-state index in [0.29, 0.717) is 31.1 Å². The zero-order chi connectivity index (χ0) is 22.1. The summed E-state index contributed by atoms with van der Waals surface area (Å²) < 4.78 is 4.74. The molecule has 0 spiro atoms. The van der Waals surface area contributed by atoms with E-state index in [-0.39, 0.29) is 16.3 Å². The molecule has 2 aliphatic rings. The lowest BCUT2D eigenvalue weighted by Gasteiger charge is -2.35. The maximum atomic E-state index is 12.8. The fraction of sp³-hybridized carbons (Fsp3) is 0.455. The highest BCUT2D eigenvalue weighted by Crippen LogP contribution is 2.23. The van der Waals surface area contributed by atoms with Crippen molar-refractivity contribution in [3.63, 3.8) is 0 Å². The number of para-hydroxylation sites is 1. The van der Waals surface area contributed by atoms with E-state index >= 15 is 0 Å². The van der Waals surface area contributed by atoms with Crippen LogP contribution < -0.4 is 16.1 Å². The van der Waals surface area contributed by atoms with Crippen LogP contribution in [0.2, 0.25) is 5.02 Å². The Kier molecular flexibility index (Phi) is 5.84. The molecule has 32 heavy (non-hydrogen) atoms. The number of benzene rings is 1. The second-order valence-corrected chi connectivity index (χ2v) is 8.68. The van der Waals surface area contributed by atoms with Crippen LogP contribution in [0.25, 0.3) is 5.69 Å². The lowest BCUT2D eigenvalue weighted by Crippen LogP contribution is -2.48. The second-order valence-electron chi connectivity index (χ2n) is 8.30. The van der Waals surface area contributed by atoms with Gasteiger partial charge in [-0.25, -0.2) is 4.79 Å². The molecule has 0 bridgehead atoms. The second kappa shape index (κ2) is 8.91. The van der Waals surface area contributed by atoms with Crippen LogP contribution in [-0.4, -0.2) is 55.2 Å². The van der Waals surface area contributed by atoms with Crippen molar-refractivity contribution in [3.05, 3.63) is 68.2 Å². The van der Waals surface area contributed by atoms with Gasteiger partial charge >= 0.3 is 5.69 Å². The van der Waals surface area contributed by atoms with Gasteiger partial charge in [0.25, 0.3) is 5.56 Å². The third-order valence-electron chi connectivity index (χ3n) is 6.23. The minimum Gasteiger partial charge on any atom is -0.366 e. The number of fused-ring (bicyclic) bond motifs is 1. The van der Waals surface area contributed by atoms with Crippen molar-refractivity contribution in [1.29, 1.82) is 0 Å². The highest BCUT2D eigenvalue weighted by atomic mass is 35.5. The van der Waals surface area contributed by atoms with E-state index in [9.17, 15) is 9.59 Å². The molecule has 5 rings (SSSR count). The van der Waals surface area contributed by atoms with Gasteiger partial charge in [-0.05, 0) is 25.0 Å². The summed E-state index contributed by atoms with van der Waals surface area (Å²) in [6, 6.07) is 9.24. The maximum Gasteiger partial charge on any atom is 0.347 e. The first kappa shape index (κ1) is 21.0. The van der Waals surface area contributed by atoms with Crippen LogP contribution in [-0.2, 0) is 19.6 Å². The van der Waals surface area contributed by atoms with E-state index in [4.69, 9.17) is 11.6 Å². The Labute approximate surface area is 190 Å². The highest BCUT2D eigenvalue weighted by Gasteiger charge is 2.23. The normalized spacial score (nSPS) is 17.2. The van der Waals surface area contributed by atoms with Gasteiger partial charge in [-0.3, -0.25) is 14.3 Å². The molecule has 2 aliphatic heterocycles. The van der Waals surface area contributed by atoms with Crippen LogP contribution in [0.1, 0.15) is 25.1 Å². The first-order valence-corrected chi connectivity index (χ1v) is 11.5. The molecule has 0 aliphatic carbocycles. The predicted molar refractivity (Wildman–Crippen MR) is 123 cm³/mol. The van der Waals surface area contributed by atoms with E-state index in [1.165, 1.54) is 4.68 Å². The Bertz CT molecular complexity index is 1210. The Morgan fingerprint density at radius 1 is 0.938 bits per heavy atom. The molecular weight excluding hydrogens is 430 g/mol. The summed E-state index contributed by atoms with van der Waals surface area (Å²) in [6.45, 7) is 4.12. The molecule has 168 valence electrons. The summed E-state index contributed by atoms with van der Waals surface area (Å²) in [6.07, 6.45) is 5.81. The van der Waals surface area contributed by atoms with E-state index in [2.05, 4.69) is 20.0 Å². The quantitative estimate of drug-likeness (QED) is 0.596. The molecule has 1 saturated heterocycles. The first-order valence-electron chi connectivity index (χ1n) is 11.1. The Balaban J connectivity index is 1.27. The van der Waals surface area contributed by atoms with Crippen molar-refractivity contribution >= 4 is 17.3 Å². The molecule has 0 atom stereocenters. The van der Waals surface area contributed by atoms with Crippen molar-refractivity contribution in [3.8, 4) is 5.69 Å². The molecule has 3 aromatic rings. The van der Waals surface area contributed by atoms with Gasteiger partial charge < -0.3 is 4.90 Å². The number of rotatable bonds is 4. The molecule has 10 heteroatoms. The summed E-state index contributed by atoms with van der Waals surface area (Å²) in [5, 5.41) is 9.09. The van der Waals surface area contributed by atoms with Crippen LogP contribution in [0.15, 0.2) is 46.1 Å². The third-order valence-corrected chi connectivity index (χ3v) is 6.59. The van der Waals surface area contributed by atoms with Gasteiger partial charge in [0.2, 0.25) is 0 Å². The van der Waals surface area contributed by atoms with Crippen molar-refractivity contribution in [1.82, 2.24) is 29.0 Å². The minimum atomic E-state index is -0.330. The molecule has 0 N–H and O–H groups in total. The highest BCUT2D eigenvalue weighted by molar-refractivity contribution is 6.33. The number of hydrogen-bond acceptors (Lipinski definition) is 6. The molecule has 0 amide bonds. The van der Waals surface area contributed by atoms with E-state index in [0.717, 1.165) is 51.1 Å². The molecule has 1 fully saturated rings. The topological polar surface area (TPSA) is 81.2 Å². The van der Waals surface area contributed by atoms with Crippen LogP contribution in [0.4, 0.5) is 5.69 Å². The summed E-state index contributed by atoms with van der Waals surface area (Å²) in [5.41, 5.74) is 0.985. The smallest absolute Gasteiger partial charge is 0.347 e. The first-order chi connectivity index (χ1) is 15.6. The maximum absolute atomic E-state index is 12.8. The molecule has 1 aromatic carbocycles. The Morgan fingerprint density at radius 3 is 2.50 bits per heavy atom. The molecule has 4 heterocycles. The molecule has 2 aromatic heterocycles. The minimum absolute atomic E-state index is 0.0129. The van der Waals surface area contributed by atoms with Crippen LogP contribution >= 0.6 is 11.6 Å².